The van der Waals surface area contributed by atoms with Crippen LogP contribution in [0.3, 0.4) is 0 Å². The van der Waals surface area contributed by atoms with Crippen molar-refractivity contribution >= 4 is 0 Å². The number of tetrazole rings is 1. The molecule has 0 bridgehead atoms. The number of rotatable bonds is 1. The highest BCUT2D eigenvalue weighted by Crippen LogP contribution is 2.37. The number of benzene rings is 2. The number of hydrogen-bond donors (Lipinski definition) is 2. The van der Waals surface area contributed by atoms with Gasteiger partial charge in [-0.15, -0.1) is 10.2 Å². The lowest BCUT2D eigenvalue weighted by molar-refractivity contribution is 0.218. The lowest BCUT2D eigenvalue weighted by atomic mass is 9.96. The molecule has 6 heteroatoms. The van der Waals surface area contributed by atoms with Gasteiger partial charge in [0.25, 0.3) is 0 Å². The van der Waals surface area contributed by atoms with E-state index in [1.54, 1.807) is 0 Å². The Kier molecular flexibility index (Phi) is 2.68. The van der Waals surface area contributed by atoms with Crippen molar-refractivity contribution in [3.8, 4) is 17.1 Å². The van der Waals surface area contributed by atoms with Crippen molar-refractivity contribution in [1.29, 1.82) is 0 Å². The van der Waals surface area contributed by atoms with Crippen LogP contribution in [0, 0.1) is 0 Å². The summed E-state index contributed by atoms with van der Waals surface area (Å²) in [5.74, 6) is 1.16. The van der Waals surface area contributed by atoms with E-state index in [0.29, 0.717) is 23.7 Å². The number of aliphatic hydroxyl groups is 1. The number of H-pyrrole nitrogens is 1. The van der Waals surface area contributed by atoms with Crippen molar-refractivity contribution in [1.82, 2.24) is 20.6 Å². The fourth-order valence-electron chi connectivity index (χ4n) is 2.57. The first kappa shape index (κ1) is 12.0. The Morgan fingerprint density at radius 2 is 2.05 bits per heavy atom. The number of ether oxygens (including phenoxy) is 1. The molecule has 0 saturated carbocycles. The number of nitrogens with zero attached hydrogens (tertiary/aromatic N) is 3. The summed E-state index contributed by atoms with van der Waals surface area (Å²) < 4.78 is 5.79. The zero-order chi connectivity index (χ0) is 14.2. The topological polar surface area (TPSA) is 83.9 Å². The lowest BCUT2D eigenvalue weighted by Gasteiger charge is -2.13. The van der Waals surface area contributed by atoms with Crippen molar-refractivity contribution < 1.29 is 9.84 Å². The van der Waals surface area contributed by atoms with Crippen LogP contribution in [0.4, 0.5) is 0 Å². The van der Waals surface area contributed by atoms with Gasteiger partial charge in [0.05, 0.1) is 0 Å². The van der Waals surface area contributed by atoms with Crippen LogP contribution < -0.4 is 4.74 Å². The Bertz CT molecular complexity index is 786. The third kappa shape index (κ3) is 1.96. The SMILES string of the molecule is OC1c2ccccc2COc2ccc(-c3nn[nH]n3)cc21. The lowest BCUT2D eigenvalue weighted by Crippen LogP contribution is -2.01. The number of nitrogens with one attached hydrogen (secondary N) is 1. The second kappa shape index (κ2) is 4.68. The Morgan fingerprint density at radius 1 is 1.14 bits per heavy atom. The number of aromatic amines is 1. The Hall–Kier alpha value is -2.73. The molecular weight excluding hydrogens is 268 g/mol. The molecule has 2 aromatic carbocycles. The van der Waals surface area contributed by atoms with Crippen molar-refractivity contribution in [2.75, 3.05) is 0 Å². The van der Waals surface area contributed by atoms with Gasteiger partial charge in [-0.1, -0.05) is 24.3 Å². The van der Waals surface area contributed by atoms with E-state index < -0.39 is 6.10 Å². The van der Waals surface area contributed by atoms with E-state index in [2.05, 4.69) is 20.6 Å². The second-order valence-corrected chi connectivity index (χ2v) is 4.88. The molecule has 0 fully saturated rings. The van der Waals surface area contributed by atoms with Gasteiger partial charge in [-0.25, -0.2) is 0 Å². The predicted molar refractivity (Wildman–Crippen MR) is 74.4 cm³/mol. The summed E-state index contributed by atoms with van der Waals surface area (Å²) in [6, 6.07) is 13.3. The van der Waals surface area contributed by atoms with Crippen molar-refractivity contribution in [3.63, 3.8) is 0 Å². The third-order valence-electron chi connectivity index (χ3n) is 3.64. The number of aromatic nitrogens is 4. The van der Waals surface area contributed by atoms with Crippen LogP contribution in [0.1, 0.15) is 22.8 Å². The maximum Gasteiger partial charge on any atom is 0.204 e. The average molecular weight is 280 g/mol. The van der Waals surface area contributed by atoms with Crippen LogP contribution in [0.25, 0.3) is 11.4 Å². The average Bonchev–Trinajstić information content (AvgIpc) is 3.02. The first-order valence-corrected chi connectivity index (χ1v) is 6.59. The first-order chi connectivity index (χ1) is 10.3. The Morgan fingerprint density at radius 3 is 2.90 bits per heavy atom. The molecule has 4 rings (SSSR count). The van der Waals surface area contributed by atoms with Gasteiger partial charge in [-0.2, -0.15) is 5.21 Å². The summed E-state index contributed by atoms with van der Waals surface area (Å²) in [6.07, 6.45) is -0.731. The minimum absolute atomic E-state index is 0.446. The summed E-state index contributed by atoms with van der Waals surface area (Å²) in [5, 5.41) is 24.6. The fraction of sp³-hybridized carbons (Fsp3) is 0.133. The minimum atomic E-state index is -0.731. The van der Waals surface area contributed by atoms with Crippen LogP contribution in [0.2, 0.25) is 0 Å². The van der Waals surface area contributed by atoms with E-state index in [1.807, 2.05) is 42.5 Å². The van der Waals surface area contributed by atoms with E-state index in [4.69, 9.17) is 4.74 Å². The van der Waals surface area contributed by atoms with E-state index in [-0.39, 0.29) is 0 Å². The third-order valence-corrected chi connectivity index (χ3v) is 3.64. The molecule has 21 heavy (non-hydrogen) atoms. The Labute approximate surface area is 120 Å². The summed E-state index contributed by atoms with van der Waals surface area (Å²) in [7, 11) is 0. The van der Waals surface area contributed by atoms with Crippen molar-refractivity contribution in [2.24, 2.45) is 0 Å². The summed E-state index contributed by atoms with van der Waals surface area (Å²) in [5.41, 5.74) is 3.34. The van der Waals surface area contributed by atoms with Gasteiger partial charge >= 0.3 is 0 Å². The van der Waals surface area contributed by atoms with E-state index in [0.717, 1.165) is 16.7 Å². The first-order valence-electron chi connectivity index (χ1n) is 6.59. The quantitative estimate of drug-likeness (QED) is 0.710. The standard InChI is InChI=1S/C15H12N4O2/c20-14-11-4-2-1-3-10(11)8-21-13-6-5-9(7-12(13)14)15-16-18-19-17-15/h1-7,14,20H,8H2,(H,16,17,18,19). The number of aliphatic hydroxyl groups excluding tert-OH is 1. The summed E-state index contributed by atoms with van der Waals surface area (Å²) >= 11 is 0. The monoisotopic (exact) mass is 280 g/mol. The molecule has 1 atom stereocenters. The summed E-state index contributed by atoms with van der Waals surface area (Å²) in [6.45, 7) is 0.446. The second-order valence-electron chi connectivity index (χ2n) is 4.88. The molecule has 0 amide bonds. The van der Waals surface area contributed by atoms with Crippen molar-refractivity contribution in [2.45, 2.75) is 12.7 Å². The molecule has 1 unspecified atom stereocenters. The van der Waals surface area contributed by atoms with Gasteiger partial charge in [0.15, 0.2) is 0 Å². The maximum atomic E-state index is 10.7. The van der Waals surface area contributed by atoms with Crippen LogP contribution in [-0.4, -0.2) is 25.7 Å². The van der Waals surface area contributed by atoms with Crippen LogP contribution in [0.15, 0.2) is 42.5 Å². The fourth-order valence-corrected chi connectivity index (χ4v) is 2.57. The molecule has 2 N–H and O–H groups in total. The molecule has 0 spiro atoms. The Balaban J connectivity index is 1.85. The molecule has 0 aliphatic carbocycles. The molecule has 2 heterocycles. The van der Waals surface area contributed by atoms with Gasteiger partial charge < -0.3 is 9.84 Å². The van der Waals surface area contributed by atoms with E-state index >= 15 is 0 Å². The van der Waals surface area contributed by atoms with Crippen LogP contribution in [-0.2, 0) is 6.61 Å². The van der Waals surface area contributed by atoms with E-state index in [1.165, 1.54) is 0 Å². The highest BCUT2D eigenvalue weighted by atomic mass is 16.5. The van der Waals surface area contributed by atoms with Gasteiger partial charge in [0.1, 0.15) is 18.5 Å². The number of fused-ring (bicyclic) bond motifs is 2. The maximum absolute atomic E-state index is 10.7. The molecule has 1 aromatic heterocycles. The van der Waals surface area contributed by atoms with Gasteiger partial charge in [0.2, 0.25) is 5.82 Å². The molecular formula is C15H12N4O2. The molecule has 0 radical (unpaired) electrons. The zero-order valence-corrected chi connectivity index (χ0v) is 11.0. The van der Waals surface area contributed by atoms with Gasteiger partial charge in [-0.3, -0.25) is 0 Å². The summed E-state index contributed by atoms with van der Waals surface area (Å²) in [4.78, 5) is 0. The molecule has 3 aromatic rings. The van der Waals surface area contributed by atoms with Crippen LogP contribution >= 0.6 is 0 Å². The molecule has 0 saturated heterocycles. The highest BCUT2D eigenvalue weighted by molar-refractivity contribution is 5.60. The zero-order valence-electron chi connectivity index (χ0n) is 11.0. The normalized spacial score (nSPS) is 16.5. The van der Waals surface area contributed by atoms with Gasteiger partial charge in [-0.05, 0) is 34.5 Å². The molecule has 1 aliphatic heterocycles. The largest absolute Gasteiger partial charge is 0.488 e. The highest BCUT2D eigenvalue weighted by Gasteiger charge is 2.23. The molecule has 1 aliphatic rings. The van der Waals surface area contributed by atoms with Crippen molar-refractivity contribution in [3.05, 3.63) is 59.2 Å². The van der Waals surface area contributed by atoms with Crippen LogP contribution in [0.5, 0.6) is 5.75 Å². The predicted octanol–water partition coefficient (Wildman–Crippen LogP) is 1.84. The molecule has 104 valence electrons. The molecule has 6 nitrogen and oxygen atoms in total. The van der Waals surface area contributed by atoms with Gasteiger partial charge in [0, 0.05) is 11.1 Å². The minimum Gasteiger partial charge on any atom is -0.488 e. The number of hydrogen-bond acceptors (Lipinski definition) is 5. The van der Waals surface area contributed by atoms with E-state index in [9.17, 15) is 5.11 Å². The smallest absolute Gasteiger partial charge is 0.204 e.